The van der Waals surface area contributed by atoms with E-state index < -0.39 is 18.1 Å². The van der Waals surface area contributed by atoms with Gasteiger partial charge in [0.25, 0.3) is 5.56 Å². The molecule has 0 aliphatic heterocycles. The van der Waals surface area contributed by atoms with Crippen LogP contribution in [-0.2, 0) is 33.9 Å². The smallest absolute Gasteiger partial charge is 0.408 e. The molecule has 1 amide bonds. The maximum Gasteiger partial charge on any atom is 0.408 e. The number of hydrogen-bond acceptors (Lipinski definition) is 6. The number of pyridine rings is 1. The lowest BCUT2D eigenvalue weighted by Gasteiger charge is -2.18. The monoisotopic (exact) mass is 471 g/mol. The summed E-state index contributed by atoms with van der Waals surface area (Å²) < 4.78 is 12.2. The van der Waals surface area contributed by atoms with Crippen LogP contribution in [-0.4, -0.2) is 27.5 Å². The van der Waals surface area contributed by atoms with Gasteiger partial charge in [0.15, 0.2) is 0 Å². The summed E-state index contributed by atoms with van der Waals surface area (Å²) >= 11 is 0. The van der Waals surface area contributed by atoms with Crippen molar-refractivity contribution in [3.63, 3.8) is 0 Å². The number of amides is 1. The number of rotatable bonds is 8. The molecule has 8 nitrogen and oxygen atoms in total. The number of ether oxygens (including phenoxy) is 2. The predicted molar refractivity (Wildman–Crippen MR) is 130 cm³/mol. The third-order valence-electron chi connectivity index (χ3n) is 5.37. The lowest BCUT2D eigenvalue weighted by atomic mass is 10.1. The number of nitrogens with one attached hydrogen (secondary N) is 1. The Morgan fingerprint density at radius 3 is 2.29 bits per heavy atom. The summed E-state index contributed by atoms with van der Waals surface area (Å²) in [4.78, 5) is 42.2. The molecule has 1 atom stereocenters. The summed E-state index contributed by atoms with van der Waals surface area (Å²) in [7, 11) is 0. The molecule has 4 aromatic rings. The molecule has 2 heterocycles. The zero-order chi connectivity index (χ0) is 24.6. The van der Waals surface area contributed by atoms with E-state index in [1.54, 1.807) is 12.1 Å². The van der Waals surface area contributed by atoms with Crippen LogP contribution < -0.4 is 10.9 Å². The molecule has 35 heavy (non-hydrogen) atoms. The molecule has 8 heteroatoms. The van der Waals surface area contributed by atoms with Gasteiger partial charge in [0.1, 0.15) is 24.9 Å². The van der Waals surface area contributed by atoms with Crippen LogP contribution in [0.2, 0.25) is 0 Å². The van der Waals surface area contributed by atoms with Gasteiger partial charge in [-0.2, -0.15) is 0 Å². The van der Waals surface area contributed by atoms with Crippen molar-refractivity contribution < 1.29 is 19.1 Å². The van der Waals surface area contributed by atoms with Crippen LogP contribution in [0.3, 0.4) is 0 Å². The van der Waals surface area contributed by atoms with Crippen molar-refractivity contribution in [3.8, 4) is 0 Å². The molecular formula is C27H25N3O5. The SMILES string of the molecule is Cc1cccc2nc(COC(=O)[C@H](Cc3ccccc3)NC(=O)OCc3ccccc3)cc(=O)n12. The molecule has 0 saturated carbocycles. The van der Waals surface area contributed by atoms with E-state index in [2.05, 4.69) is 10.3 Å². The molecular weight excluding hydrogens is 446 g/mol. The van der Waals surface area contributed by atoms with Gasteiger partial charge in [0.05, 0.1) is 5.69 Å². The van der Waals surface area contributed by atoms with E-state index in [4.69, 9.17) is 9.47 Å². The molecule has 0 spiro atoms. The first-order chi connectivity index (χ1) is 17.0. The van der Waals surface area contributed by atoms with E-state index in [1.165, 1.54) is 10.5 Å². The van der Waals surface area contributed by atoms with Gasteiger partial charge in [-0.1, -0.05) is 66.7 Å². The minimum Gasteiger partial charge on any atom is -0.458 e. The fraction of sp³-hybridized carbons (Fsp3) is 0.185. The average Bonchev–Trinajstić information content (AvgIpc) is 2.87. The molecule has 0 bridgehead atoms. The van der Waals surface area contributed by atoms with Crippen LogP contribution in [0.15, 0.2) is 89.7 Å². The van der Waals surface area contributed by atoms with E-state index in [1.807, 2.05) is 73.7 Å². The Hall–Kier alpha value is -4.46. The molecule has 0 radical (unpaired) electrons. The third kappa shape index (κ3) is 6.32. The summed E-state index contributed by atoms with van der Waals surface area (Å²) in [5.41, 5.74) is 2.95. The second-order valence-electron chi connectivity index (χ2n) is 8.00. The largest absolute Gasteiger partial charge is 0.458 e. The number of esters is 1. The number of carbonyl (C=O) groups is 2. The highest BCUT2D eigenvalue weighted by molar-refractivity contribution is 5.81. The van der Waals surface area contributed by atoms with Crippen molar-refractivity contribution in [1.82, 2.24) is 14.7 Å². The van der Waals surface area contributed by atoms with Crippen molar-refractivity contribution in [2.75, 3.05) is 0 Å². The molecule has 4 rings (SSSR count). The molecule has 1 N–H and O–H groups in total. The zero-order valence-corrected chi connectivity index (χ0v) is 19.2. The Morgan fingerprint density at radius 2 is 1.57 bits per heavy atom. The maximum absolute atomic E-state index is 12.9. The van der Waals surface area contributed by atoms with Crippen LogP contribution in [0.4, 0.5) is 4.79 Å². The number of aryl methyl sites for hydroxylation is 1. The summed E-state index contributed by atoms with van der Waals surface area (Å²) in [6.07, 6.45) is -0.517. The lowest BCUT2D eigenvalue weighted by molar-refractivity contribution is -0.147. The Morgan fingerprint density at radius 1 is 0.886 bits per heavy atom. The van der Waals surface area contributed by atoms with Crippen LogP contribution in [0.5, 0.6) is 0 Å². The fourth-order valence-corrected chi connectivity index (χ4v) is 3.63. The number of aromatic nitrogens is 2. The van der Waals surface area contributed by atoms with Gasteiger partial charge in [-0.25, -0.2) is 14.6 Å². The Kier molecular flexibility index (Phi) is 7.52. The van der Waals surface area contributed by atoms with Crippen molar-refractivity contribution in [2.45, 2.75) is 32.6 Å². The highest BCUT2D eigenvalue weighted by atomic mass is 16.6. The number of carbonyl (C=O) groups excluding carboxylic acids is 2. The standard InChI is InChI=1S/C27H25N3O5/c1-19-9-8-14-24-28-22(16-25(31)30(19)24)18-34-26(32)23(15-20-10-4-2-5-11-20)29-27(33)35-17-21-12-6-3-7-13-21/h2-14,16,23H,15,17-18H2,1H3,(H,29,33)/t23-/m0/s1. The second-order valence-corrected chi connectivity index (χ2v) is 8.00. The first-order valence-electron chi connectivity index (χ1n) is 11.2. The molecule has 0 aliphatic carbocycles. The van der Waals surface area contributed by atoms with Gasteiger partial charge in [0, 0.05) is 18.2 Å². The first kappa shape index (κ1) is 23.7. The summed E-state index contributed by atoms with van der Waals surface area (Å²) in [5, 5.41) is 2.60. The van der Waals surface area contributed by atoms with Gasteiger partial charge in [0.2, 0.25) is 0 Å². The van der Waals surface area contributed by atoms with Gasteiger partial charge in [-0.05, 0) is 30.2 Å². The van der Waals surface area contributed by atoms with Gasteiger partial charge >= 0.3 is 12.1 Å². The van der Waals surface area contributed by atoms with Crippen LogP contribution in [0.1, 0.15) is 22.5 Å². The Labute approximate surface area is 202 Å². The fourth-order valence-electron chi connectivity index (χ4n) is 3.63. The van der Waals surface area contributed by atoms with E-state index in [-0.39, 0.29) is 25.2 Å². The topological polar surface area (TPSA) is 99.0 Å². The predicted octanol–water partition coefficient (Wildman–Crippen LogP) is 3.58. The van der Waals surface area contributed by atoms with Gasteiger partial charge < -0.3 is 14.8 Å². The summed E-state index contributed by atoms with van der Waals surface area (Å²) in [6, 6.07) is 24.2. The normalized spacial score (nSPS) is 11.6. The van der Waals surface area contributed by atoms with Crippen molar-refractivity contribution in [1.29, 1.82) is 0 Å². The van der Waals surface area contributed by atoms with Crippen LogP contribution >= 0.6 is 0 Å². The molecule has 0 unspecified atom stereocenters. The zero-order valence-electron chi connectivity index (χ0n) is 19.2. The quantitative estimate of drug-likeness (QED) is 0.395. The van der Waals surface area contributed by atoms with E-state index in [0.29, 0.717) is 11.3 Å². The third-order valence-corrected chi connectivity index (χ3v) is 5.37. The summed E-state index contributed by atoms with van der Waals surface area (Å²) in [6.45, 7) is 1.68. The average molecular weight is 472 g/mol. The molecule has 2 aromatic carbocycles. The Balaban J connectivity index is 1.44. The van der Waals surface area contributed by atoms with E-state index in [0.717, 1.165) is 16.8 Å². The molecule has 0 aliphatic rings. The minimum absolute atomic E-state index is 0.0736. The minimum atomic E-state index is -0.982. The number of fused-ring (bicyclic) bond motifs is 1. The maximum atomic E-state index is 12.9. The van der Waals surface area contributed by atoms with Gasteiger partial charge in [-0.3, -0.25) is 9.20 Å². The highest BCUT2D eigenvalue weighted by Crippen LogP contribution is 2.09. The first-order valence-corrected chi connectivity index (χ1v) is 11.2. The molecule has 0 fully saturated rings. The molecule has 2 aromatic heterocycles. The highest BCUT2D eigenvalue weighted by Gasteiger charge is 2.24. The van der Waals surface area contributed by atoms with Crippen molar-refractivity contribution >= 4 is 17.7 Å². The molecule has 178 valence electrons. The number of alkyl carbamates (subject to hydrolysis) is 1. The van der Waals surface area contributed by atoms with Crippen LogP contribution in [0, 0.1) is 6.92 Å². The van der Waals surface area contributed by atoms with E-state index in [9.17, 15) is 14.4 Å². The van der Waals surface area contributed by atoms with Crippen molar-refractivity contribution in [2.24, 2.45) is 0 Å². The van der Waals surface area contributed by atoms with Crippen LogP contribution in [0.25, 0.3) is 5.65 Å². The van der Waals surface area contributed by atoms with Crippen molar-refractivity contribution in [3.05, 3.63) is 118 Å². The van der Waals surface area contributed by atoms with E-state index >= 15 is 0 Å². The molecule has 0 saturated heterocycles. The number of benzene rings is 2. The number of hydrogen-bond donors (Lipinski definition) is 1. The second kappa shape index (κ2) is 11.1. The van der Waals surface area contributed by atoms with Gasteiger partial charge in [-0.15, -0.1) is 0 Å². The lowest BCUT2D eigenvalue weighted by Crippen LogP contribution is -2.43. The Bertz CT molecular complexity index is 1370. The summed E-state index contributed by atoms with van der Waals surface area (Å²) in [5.74, 6) is -0.656. The number of nitrogens with zero attached hydrogens (tertiary/aromatic N) is 2.